The summed E-state index contributed by atoms with van der Waals surface area (Å²) in [6.07, 6.45) is 0. The van der Waals surface area contributed by atoms with Crippen molar-refractivity contribution in [1.82, 2.24) is 4.98 Å². The molecule has 0 saturated carbocycles. The maximum absolute atomic E-state index is 11.1. The Morgan fingerprint density at radius 2 is 2.00 bits per heavy atom. The van der Waals surface area contributed by atoms with Crippen molar-refractivity contribution in [3.63, 3.8) is 0 Å². The zero-order valence-electron chi connectivity index (χ0n) is 11.3. The van der Waals surface area contributed by atoms with Crippen molar-refractivity contribution in [3.8, 4) is 11.6 Å². The summed E-state index contributed by atoms with van der Waals surface area (Å²) in [5.74, 6) is 0.117. The van der Waals surface area contributed by atoms with Crippen LogP contribution in [0.15, 0.2) is 36.4 Å². The molecule has 0 bridgehead atoms. The molecule has 6 heteroatoms. The Morgan fingerprint density at radius 1 is 1.25 bits per heavy atom. The van der Waals surface area contributed by atoms with Crippen molar-refractivity contribution in [1.29, 1.82) is 0 Å². The third kappa shape index (κ3) is 2.97. The standard InChI is InChI=1S/C14H16N4O2/c1-18(2)9-4-3-5-10(8-9)20-14-11(15)6-7-12(17-14)13(16)19/h3-8H,15H2,1-2H3,(H2,16,19). The van der Waals surface area contributed by atoms with Gasteiger partial charge in [-0.1, -0.05) is 6.07 Å². The van der Waals surface area contributed by atoms with Gasteiger partial charge in [-0.2, -0.15) is 0 Å². The molecular formula is C14H16N4O2. The molecule has 2 aromatic rings. The summed E-state index contributed by atoms with van der Waals surface area (Å²) in [5, 5.41) is 0. The van der Waals surface area contributed by atoms with Gasteiger partial charge in [-0.15, -0.1) is 0 Å². The van der Waals surface area contributed by atoms with Crippen LogP contribution in [0.5, 0.6) is 11.6 Å². The first-order valence-electron chi connectivity index (χ1n) is 5.99. The summed E-state index contributed by atoms with van der Waals surface area (Å²) < 4.78 is 5.62. The van der Waals surface area contributed by atoms with Crippen molar-refractivity contribution in [2.75, 3.05) is 24.7 Å². The molecule has 4 N–H and O–H groups in total. The number of carbonyl (C=O) groups excluding carboxylic acids is 1. The van der Waals surface area contributed by atoms with Crippen LogP contribution in [-0.2, 0) is 0 Å². The number of hydrogen-bond donors (Lipinski definition) is 2. The van der Waals surface area contributed by atoms with Crippen LogP contribution in [0, 0.1) is 0 Å². The summed E-state index contributed by atoms with van der Waals surface area (Å²) in [5.41, 5.74) is 12.4. The normalized spacial score (nSPS) is 10.1. The molecule has 1 amide bonds. The third-order valence-electron chi connectivity index (χ3n) is 2.69. The number of ether oxygens (including phenoxy) is 1. The summed E-state index contributed by atoms with van der Waals surface area (Å²) >= 11 is 0. The second-order valence-electron chi connectivity index (χ2n) is 4.45. The minimum atomic E-state index is -0.628. The summed E-state index contributed by atoms with van der Waals surface area (Å²) in [4.78, 5) is 17.1. The molecule has 0 aliphatic rings. The summed E-state index contributed by atoms with van der Waals surface area (Å²) in [6.45, 7) is 0. The Kier molecular flexibility index (Phi) is 3.74. The van der Waals surface area contributed by atoms with E-state index in [0.717, 1.165) is 5.69 Å². The lowest BCUT2D eigenvalue weighted by molar-refractivity contribution is 0.0995. The number of benzene rings is 1. The molecule has 0 aliphatic heterocycles. The molecule has 1 heterocycles. The molecule has 0 spiro atoms. The minimum absolute atomic E-state index is 0.109. The van der Waals surface area contributed by atoms with Gasteiger partial charge in [0.25, 0.3) is 5.91 Å². The molecule has 0 saturated heterocycles. The van der Waals surface area contributed by atoms with Gasteiger partial charge in [0, 0.05) is 25.8 Å². The zero-order chi connectivity index (χ0) is 14.7. The van der Waals surface area contributed by atoms with Crippen molar-refractivity contribution in [2.24, 2.45) is 5.73 Å². The molecule has 6 nitrogen and oxygen atoms in total. The molecule has 1 aromatic carbocycles. The SMILES string of the molecule is CN(C)c1cccc(Oc2nc(C(N)=O)ccc2N)c1. The van der Waals surface area contributed by atoms with E-state index in [-0.39, 0.29) is 11.6 Å². The van der Waals surface area contributed by atoms with Gasteiger partial charge in [0.05, 0.1) is 5.69 Å². The van der Waals surface area contributed by atoms with Gasteiger partial charge in [-0.3, -0.25) is 4.79 Å². The number of nitrogen functional groups attached to an aromatic ring is 1. The second-order valence-corrected chi connectivity index (χ2v) is 4.45. The van der Waals surface area contributed by atoms with Gasteiger partial charge >= 0.3 is 0 Å². The van der Waals surface area contributed by atoms with E-state index in [2.05, 4.69) is 4.98 Å². The largest absolute Gasteiger partial charge is 0.437 e. The smallest absolute Gasteiger partial charge is 0.267 e. The number of anilines is 2. The number of hydrogen-bond acceptors (Lipinski definition) is 5. The number of rotatable bonds is 4. The quantitative estimate of drug-likeness (QED) is 0.882. The Hall–Kier alpha value is -2.76. The van der Waals surface area contributed by atoms with Crippen LogP contribution in [0.4, 0.5) is 11.4 Å². The molecule has 0 fully saturated rings. The lowest BCUT2D eigenvalue weighted by atomic mass is 10.3. The minimum Gasteiger partial charge on any atom is -0.437 e. The Bertz CT molecular complexity index is 641. The second kappa shape index (κ2) is 5.48. The van der Waals surface area contributed by atoms with E-state index < -0.39 is 5.91 Å². The van der Waals surface area contributed by atoms with Crippen LogP contribution in [-0.4, -0.2) is 25.0 Å². The highest BCUT2D eigenvalue weighted by Crippen LogP contribution is 2.27. The monoisotopic (exact) mass is 272 g/mol. The van der Waals surface area contributed by atoms with E-state index in [1.807, 2.05) is 37.2 Å². The molecule has 1 aromatic heterocycles. The van der Waals surface area contributed by atoms with Crippen molar-refractivity contribution in [3.05, 3.63) is 42.1 Å². The molecule has 20 heavy (non-hydrogen) atoms. The molecule has 0 unspecified atom stereocenters. The Morgan fingerprint density at radius 3 is 2.65 bits per heavy atom. The third-order valence-corrected chi connectivity index (χ3v) is 2.69. The first-order valence-corrected chi connectivity index (χ1v) is 5.99. The highest BCUT2D eigenvalue weighted by Gasteiger charge is 2.09. The average Bonchev–Trinajstić information content (AvgIpc) is 2.41. The molecule has 0 radical (unpaired) electrons. The fraction of sp³-hybridized carbons (Fsp3) is 0.143. The fourth-order valence-corrected chi connectivity index (χ4v) is 1.61. The molecular weight excluding hydrogens is 256 g/mol. The number of carbonyl (C=O) groups is 1. The average molecular weight is 272 g/mol. The summed E-state index contributed by atoms with van der Waals surface area (Å²) in [7, 11) is 3.86. The van der Waals surface area contributed by atoms with Gasteiger partial charge in [0.15, 0.2) is 0 Å². The van der Waals surface area contributed by atoms with E-state index in [1.54, 1.807) is 6.07 Å². The summed E-state index contributed by atoms with van der Waals surface area (Å²) in [6, 6.07) is 10.4. The first kappa shape index (κ1) is 13.7. The fourth-order valence-electron chi connectivity index (χ4n) is 1.61. The van der Waals surface area contributed by atoms with E-state index in [1.165, 1.54) is 12.1 Å². The van der Waals surface area contributed by atoms with Gasteiger partial charge in [0.2, 0.25) is 5.88 Å². The molecule has 104 valence electrons. The van der Waals surface area contributed by atoms with Crippen molar-refractivity contribution < 1.29 is 9.53 Å². The van der Waals surface area contributed by atoms with E-state index in [0.29, 0.717) is 11.4 Å². The van der Waals surface area contributed by atoms with Gasteiger partial charge in [0.1, 0.15) is 11.4 Å². The number of amides is 1. The highest BCUT2D eigenvalue weighted by molar-refractivity contribution is 5.91. The van der Waals surface area contributed by atoms with Gasteiger partial charge in [-0.05, 0) is 24.3 Å². The topological polar surface area (TPSA) is 94.5 Å². The lowest BCUT2D eigenvalue weighted by Gasteiger charge is -2.14. The Balaban J connectivity index is 2.32. The van der Waals surface area contributed by atoms with Crippen LogP contribution in [0.25, 0.3) is 0 Å². The maximum atomic E-state index is 11.1. The van der Waals surface area contributed by atoms with E-state index in [9.17, 15) is 4.79 Å². The van der Waals surface area contributed by atoms with E-state index >= 15 is 0 Å². The zero-order valence-corrected chi connectivity index (χ0v) is 11.3. The Labute approximate surface area is 117 Å². The molecule has 0 atom stereocenters. The number of aromatic nitrogens is 1. The van der Waals surface area contributed by atoms with Gasteiger partial charge < -0.3 is 21.1 Å². The van der Waals surface area contributed by atoms with Crippen LogP contribution in [0.3, 0.4) is 0 Å². The first-order chi connectivity index (χ1) is 9.47. The van der Waals surface area contributed by atoms with E-state index in [4.69, 9.17) is 16.2 Å². The van der Waals surface area contributed by atoms with Crippen LogP contribution in [0.2, 0.25) is 0 Å². The van der Waals surface area contributed by atoms with Crippen molar-refractivity contribution >= 4 is 17.3 Å². The number of nitrogens with zero attached hydrogens (tertiary/aromatic N) is 2. The number of nitrogens with two attached hydrogens (primary N) is 2. The maximum Gasteiger partial charge on any atom is 0.267 e. The van der Waals surface area contributed by atoms with Crippen LogP contribution < -0.4 is 21.1 Å². The predicted molar refractivity (Wildman–Crippen MR) is 78.0 cm³/mol. The molecule has 0 aliphatic carbocycles. The number of pyridine rings is 1. The predicted octanol–water partition coefficient (Wildman–Crippen LogP) is 1.62. The highest BCUT2D eigenvalue weighted by atomic mass is 16.5. The van der Waals surface area contributed by atoms with Gasteiger partial charge in [-0.25, -0.2) is 4.98 Å². The van der Waals surface area contributed by atoms with Crippen molar-refractivity contribution in [2.45, 2.75) is 0 Å². The lowest BCUT2D eigenvalue weighted by Crippen LogP contribution is -2.13. The van der Waals surface area contributed by atoms with Crippen LogP contribution >= 0.6 is 0 Å². The molecule has 2 rings (SSSR count). The number of primary amides is 1. The van der Waals surface area contributed by atoms with Crippen LogP contribution in [0.1, 0.15) is 10.5 Å².